The van der Waals surface area contributed by atoms with E-state index >= 15 is 0 Å². The Morgan fingerprint density at radius 1 is 1.35 bits per heavy atom. The highest BCUT2D eigenvalue weighted by Gasteiger charge is 2.37. The third-order valence-corrected chi connectivity index (χ3v) is 5.44. The van der Waals surface area contributed by atoms with Crippen molar-refractivity contribution in [3.05, 3.63) is 52.6 Å². The number of hydrogen-bond acceptors (Lipinski definition) is 3. The van der Waals surface area contributed by atoms with Gasteiger partial charge in [-0.3, -0.25) is 9.48 Å². The summed E-state index contributed by atoms with van der Waals surface area (Å²) in [5, 5.41) is 7.45. The lowest BCUT2D eigenvalue weighted by molar-refractivity contribution is -0.121. The van der Waals surface area contributed by atoms with Crippen LogP contribution in [0, 0.1) is 19.7 Å². The molecular weight excluding hydrogens is 333 g/mol. The summed E-state index contributed by atoms with van der Waals surface area (Å²) >= 11 is 0. The molecule has 2 aromatic rings. The molecule has 1 saturated heterocycles. The quantitative estimate of drug-likeness (QED) is 0.862. The lowest BCUT2D eigenvalue weighted by Gasteiger charge is -2.28. The molecule has 140 valence electrons. The molecule has 0 aliphatic carbocycles. The van der Waals surface area contributed by atoms with Crippen LogP contribution in [0.4, 0.5) is 4.39 Å². The number of rotatable bonds is 6. The van der Waals surface area contributed by atoms with E-state index in [1.807, 2.05) is 25.6 Å². The molecule has 1 aromatic heterocycles. The zero-order chi connectivity index (χ0) is 18.7. The fourth-order valence-corrected chi connectivity index (χ4v) is 3.65. The van der Waals surface area contributed by atoms with Crippen LogP contribution in [0.1, 0.15) is 35.4 Å². The lowest BCUT2D eigenvalue weighted by atomic mass is 9.79. The van der Waals surface area contributed by atoms with Crippen LogP contribution in [0.5, 0.6) is 0 Å². The predicted octanol–water partition coefficient (Wildman–Crippen LogP) is 2.58. The smallest absolute Gasteiger partial charge is 0.220 e. The van der Waals surface area contributed by atoms with Crippen molar-refractivity contribution in [1.29, 1.82) is 0 Å². The maximum Gasteiger partial charge on any atom is 0.220 e. The van der Waals surface area contributed by atoms with Crippen LogP contribution in [0.2, 0.25) is 0 Å². The van der Waals surface area contributed by atoms with Crippen LogP contribution >= 0.6 is 0 Å². The Morgan fingerprint density at radius 2 is 2.08 bits per heavy atom. The zero-order valence-corrected chi connectivity index (χ0v) is 15.6. The highest BCUT2D eigenvalue weighted by molar-refractivity contribution is 5.76. The average molecular weight is 359 g/mol. The Bertz CT molecular complexity index is 777. The molecule has 1 fully saturated rings. The summed E-state index contributed by atoms with van der Waals surface area (Å²) in [5.74, 6) is -0.241. The number of nitrogens with zero attached hydrogens (tertiary/aromatic N) is 2. The third-order valence-electron chi connectivity index (χ3n) is 5.44. The number of nitrogens with one attached hydrogen (secondary N) is 1. The van der Waals surface area contributed by atoms with Gasteiger partial charge in [0.05, 0.1) is 12.3 Å². The molecule has 6 heteroatoms. The summed E-state index contributed by atoms with van der Waals surface area (Å²) in [4.78, 5) is 12.4. The Labute approximate surface area is 153 Å². The summed E-state index contributed by atoms with van der Waals surface area (Å²) in [6.45, 7) is 5.69. The van der Waals surface area contributed by atoms with E-state index in [-0.39, 0.29) is 17.1 Å². The number of hydrogen-bond donors (Lipinski definition) is 1. The Balaban J connectivity index is 1.61. The highest BCUT2D eigenvalue weighted by atomic mass is 19.1. The number of benzene rings is 1. The normalized spacial score (nSPS) is 19.7. The topological polar surface area (TPSA) is 56.2 Å². The van der Waals surface area contributed by atoms with E-state index in [0.29, 0.717) is 32.6 Å². The molecule has 1 atom stereocenters. The summed E-state index contributed by atoms with van der Waals surface area (Å²) < 4.78 is 20.7. The Kier molecular flexibility index (Phi) is 5.41. The van der Waals surface area contributed by atoms with Gasteiger partial charge < -0.3 is 10.1 Å². The Morgan fingerprint density at radius 3 is 2.65 bits per heavy atom. The van der Waals surface area contributed by atoms with Crippen LogP contribution in [0.3, 0.4) is 0 Å². The first-order chi connectivity index (χ1) is 12.4. The van der Waals surface area contributed by atoms with E-state index in [1.165, 1.54) is 12.1 Å². The molecular formula is C20H26FN3O2. The van der Waals surface area contributed by atoms with Gasteiger partial charge in [-0.15, -0.1) is 0 Å². The van der Waals surface area contributed by atoms with Crippen molar-refractivity contribution in [3.8, 4) is 0 Å². The molecule has 3 rings (SSSR count). The van der Waals surface area contributed by atoms with Gasteiger partial charge in [0.2, 0.25) is 5.91 Å². The van der Waals surface area contributed by atoms with E-state index in [9.17, 15) is 9.18 Å². The minimum Gasteiger partial charge on any atom is -0.380 e. The minimum absolute atomic E-state index is 0.0149. The third kappa shape index (κ3) is 3.80. The van der Waals surface area contributed by atoms with Gasteiger partial charge >= 0.3 is 0 Å². The van der Waals surface area contributed by atoms with Crippen LogP contribution in [-0.2, 0) is 28.4 Å². The Hall–Kier alpha value is -2.21. The van der Waals surface area contributed by atoms with Gasteiger partial charge in [-0.05, 0) is 49.9 Å². The number of carbonyl (C=O) groups is 1. The summed E-state index contributed by atoms with van der Waals surface area (Å²) in [7, 11) is 1.92. The molecule has 2 heterocycles. The van der Waals surface area contributed by atoms with Crippen LogP contribution < -0.4 is 5.32 Å². The molecule has 5 nitrogen and oxygen atoms in total. The van der Waals surface area contributed by atoms with Gasteiger partial charge in [-0.2, -0.15) is 5.10 Å². The first-order valence-electron chi connectivity index (χ1n) is 9.01. The first kappa shape index (κ1) is 18.6. The lowest BCUT2D eigenvalue weighted by Crippen LogP contribution is -2.41. The number of aromatic nitrogens is 2. The van der Waals surface area contributed by atoms with E-state index in [2.05, 4.69) is 10.4 Å². The van der Waals surface area contributed by atoms with Crippen LogP contribution in [0.25, 0.3) is 0 Å². The number of amides is 1. The van der Waals surface area contributed by atoms with Crippen molar-refractivity contribution in [1.82, 2.24) is 15.1 Å². The van der Waals surface area contributed by atoms with Gasteiger partial charge in [0.15, 0.2) is 0 Å². The van der Waals surface area contributed by atoms with E-state index in [1.54, 1.807) is 12.1 Å². The second-order valence-corrected chi connectivity index (χ2v) is 7.14. The van der Waals surface area contributed by atoms with Crippen LogP contribution in [0.15, 0.2) is 24.3 Å². The molecule has 0 spiro atoms. The SMILES string of the molecule is Cc1nn(C)c(C)c1CCC(=O)NC[C@@]1(c2ccc(F)cc2)CCOC1. The highest BCUT2D eigenvalue weighted by Crippen LogP contribution is 2.32. The predicted molar refractivity (Wildman–Crippen MR) is 97.5 cm³/mol. The second-order valence-electron chi connectivity index (χ2n) is 7.14. The van der Waals surface area contributed by atoms with Crippen molar-refractivity contribution >= 4 is 5.91 Å². The van der Waals surface area contributed by atoms with E-state index in [0.717, 1.165) is 28.9 Å². The molecule has 26 heavy (non-hydrogen) atoms. The summed E-state index contributed by atoms with van der Waals surface area (Å²) in [6, 6.07) is 6.51. The van der Waals surface area contributed by atoms with E-state index < -0.39 is 0 Å². The number of ether oxygens (including phenoxy) is 1. The average Bonchev–Trinajstić information content (AvgIpc) is 3.19. The molecule has 0 bridgehead atoms. The number of carbonyl (C=O) groups excluding carboxylic acids is 1. The van der Waals surface area contributed by atoms with E-state index in [4.69, 9.17) is 4.74 Å². The van der Waals surface area contributed by atoms with Crippen molar-refractivity contribution in [2.45, 2.75) is 38.5 Å². The maximum atomic E-state index is 13.2. The van der Waals surface area contributed by atoms with Crippen LogP contribution in [-0.4, -0.2) is 35.4 Å². The molecule has 0 radical (unpaired) electrons. The van der Waals surface area contributed by atoms with Crippen molar-refractivity contribution in [3.63, 3.8) is 0 Å². The zero-order valence-electron chi connectivity index (χ0n) is 15.6. The minimum atomic E-state index is -0.274. The van der Waals surface area contributed by atoms with Gasteiger partial charge in [-0.25, -0.2) is 4.39 Å². The van der Waals surface area contributed by atoms with Gasteiger partial charge in [0.1, 0.15) is 5.82 Å². The molecule has 0 saturated carbocycles. The van der Waals surface area contributed by atoms with Gasteiger partial charge in [0.25, 0.3) is 0 Å². The molecule has 1 N–H and O–H groups in total. The van der Waals surface area contributed by atoms with Crippen molar-refractivity contribution < 1.29 is 13.9 Å². The molecule has 1 aromatic carbocycles. The van der Waals surface area contributed by atoms with Crippen molar-refractivity contribution in [2.24, 2.45) is 7.05 Å². The fraction of sp³-hybridized carbons (Fsp3) is 0.500. The molecule has 1 aliphatic rings. The number of halogens is 1. The molecule has 1 amide bonds. The summed E-state index contributed by atoms with van der Waals surface area (Å²) in [6.07, 6.45) is 1.92. The first-order valence-corrected chi connectivity index (χ1v) is 9.01. The standard InChI is InChI=1S/C20H26FN3O2/c1-14-18(15(2)24(3)23-14)8-9-19(25)22-12-20(10-11-26-13-20)16-4-6-17(21)7-5-16/h4-7H,8-13H2,1-3H3,(H,22,25)/t20-/m0/s1. The largest absolute Gasteiger partial charge is 0.380 e. The maximum absolute atomic E-state index is 13.2. The second kappa shape index (κ2) is 7.58. The monoisotopic (exact) mass is 359 g/mol. The van der Waals surface area contributed by atoms with Gasteiger partial charge in [0, 0.05) is 37.7 Å². The van der Waals surface area contributed by atoms with Gasteiger partial charge in [-0.1, -0.05) is 12.1 Å². The fourth-order valence-electron chi connectivity index (χ4n) is 3.65. The van der Waals surface area contributed by atoms with Crippen molar-refractivity contribution in [2.75, 3.05) is 19.8 Å². The summed E-state index contributed by atoms with van der Waals surface area (Å²) in [5.41, 5.74) is 3.95. The molecule has 0 unspecified atom stereocenters. The number of aryl methyl sites for hydroxylation is 2. The molecule has 1 aliphatic heterocycles.